The van der Waals surface area contributed by atoms with Gasteiger partial charge in [0.1, 0.15) is 6.79 Å². The van der Waals surface area contributed by atoms with Crippen molar-refractivity contribution >= 4 is 9.84 Å². The molecule has 0 unspecified atom stereocenters. The van der Waals surface area contributed by atoms with Gasteiger partial charge in [-0.25, -0.2) is 8.42 Å². The summed E-state index contributed by atoms with van der Waals surface area (Å²) in [4.78, 5) is 0. The summed E-state index contributed by atoms with van der Waals surface area (Å²) in [6.07, 6.45) is 0. The maximum absolute atomic E-state index is 10.4. The lowest BCUT2D eigenvalue weighted by Crippen LogP contribution is -2.23. The molecule has 1 saturated heterocycles. The summed E-state index contributed by atoms with van der Waals surface area (Å²) >= 11 is 0. The fourth-order valence-electron chi connectivity index (χ4n) is 0.415. The minimum atomic E-state index is -3.03. The van der Waals surface area contributed by atoms with Gasteiger partial charge in [-0.2, -0.15) is 0 Å². The molecule has 4 nitrogen and oxygen atoms in total. The molecule has 1 aliphatic rings. The van der Waals surface area contributed by atoms with Gasteiger partial charge in [0.25, 0.3) is 0 Å². The topological polar surface area (TPSA) is 52.6 Å². The Labute approximate surface area is 47.3 Å². The Morgan fingerprint density at radius 3 is 1.88 bits per heavy atom. The van der Waals surface area contributed by atoms with Gasteiger partial charge in [0.05, 0.1) is 0 Å². The Bertz CT molecular complexity index is 146. The highest BCUT2D eigenvalue weighted by Gasteiger charge is 2.15. The predicted molar refractivity (Wildman–Crippen MR) is 25.7 cm³/mol. The Kier molecular flexibility index (Phi) is 1.50. The van der Waals surface area contributed by atoms with E-state index in [1.54, 1.807) is 0 Å². The van der Waals surface area contributed by atoms with Crippen molar-refractivity contribution in [1.29, 1.82) is 0 Å². The first-order chi connectivity index (χ1) is 3.71. The van der Waals surface area contributed by atoms with Crippen LogP contribution in [0.1, 0.15) is 0 Å². The van der Waals surface area contributed by atoms with Crippen molar-refractivity contribution in [2.75, 3.05) is 18.7 Å². The molecule has 0 bridgehead atoms. The van der Waals surface area contributed by atoms with Crippen molar-refractivity contribution in [3.63, 3.8) is 0 Å². The van der Waals surface area contributed by atoms with E-state index in [0.717, 1.165) is 0 Å². The Hall–Kier alpha value is -0.130. The van der Waals surface area contributed by atoms with Crippen LogP contribution in [0.4, 0.5) is 0 Å². The average Bonchev–Trinajstić information content (AvgIpc) is 1.65. The highest BCUT2D eigenvalue weighted by molar-refractivity contribution is 7.91. The summed E-state index contributed by atoms with van der Waals surface area (Å²) < 4.78 is 29.8. The van der Waals surface area contributed by atoms with Crippen LogP contribution in [0.2, 0.25) is 0 Å². The molecule has 0 saturated carbocycles. The summed E-state index contributed by atoms with van der Waals surface area (Å²) in [5, 5.41) is 0. The molecular formula is C3H6O4S. The molecule has 5 heteroatoms. The number of hydrogen-bond acceptors (Lipinski definition) is 4. The SMILES string of the molecule is O=S1(=O)COCOC1. The van der Waals surface area contributed by atoms with E-state index in [1.165, 1.54) is 0 Å². The van der Waals surface area contributed by atoms with Gasteiger partial charge in [-0.15, -0.1) is 0 Å². The van der Waals surface area contributed by atoms with Gasteiger partial charge in [-0.1, -0.05) is 0 Å². The average molecular weight is 138 g/mol. The third kappa shape index (κ3) is 1.43. The van der Waals surface area contributed by atoms with Crippen LogP contribution in [0, 0.1) is 0 Å². The lowest BCUT2D eigenvalue weighted by atomic mass is 11.3. The van der Waals surface area contributed by atoms with E-state index in [1.807, 2.05) is 0 Å². The summed E-state index contributed by atoms with van der Waals surface area (Å²) in [6, 6.07) is 0. The molecule has 0 atom stereocenters. The Morgan fingerprint density at radius 1 is 1.12 bits per heavy atom. The van der Waals surface area contributed by atoms with Gasteiger partial charge < -0.3 is 9.47 Å². The van der Waals surface area contributed by atoms with Gasteiger partial charge >= 0.3 is 0 Å². The maximum Gasteiger partial charge on any atom is 0.198 e. The molecule has 48 valence electrons. The molecule has 0 spiro atoms. The minimum Gasteiger partial charge on any atom is -0.339 e. The van der Waals surface area contributed by atoms with Crippen molar-refractivity contribution in [3.8, 4) is 0 Å². The number of sulfone groups is 1. The quantitative estimate of drug-likeness (QED) is 0.445. The highest BCUT2D eigenvalue weighted by atomic mass is 32.2. The van der Waals surface area contributed by atoms with Crippen molar-refractivity contribution in [3.05, 3.63) is 0 Å². The Balaban J connectivity index is 2.58. The minimum absolute atomic E-state index is 0.0965. The van der Waals surface area contributed by atoms with Crippen LogP contribution >= 0.6 is 0 Å². The second-order valence-electron chi connectivity index (χ2n) is 1.51. The highest BCUT2D eigenvalue weighted by Crippen LogP contribution is 1.98. The van der Waals surface area contributed by atoms with Crippen molar-refractivity contribution in [2.45, 2.75) is 0 Å². The van der Waals surface area contributed by atoms with Crippen LogP contribution in [0.5, 0.6) is 0 Å². The fourth-order valence-corrected chi connectivity index (χ4v) is 1.13. The van der Waals surface area contributed by atoms with Crippen LogP contribution in [-0.2, 0) is 19.3 Å². The second-order valence-corrected chi connectivity index (χ2v) is 3.46. The molecule has 0 radical (unpaired) electrons. The Morgan fingerprint density at radius 2 is 1.62 bits per heavy atom. The molecule has 0 aromatic rings. The summed E-state index contributed by atoms with van der Waals surface area (Å²) in [5.74, 6) is -0.403. The normalized spacial score (nSPS) is 27.5. The third-order valence-corrected chi connectivity index (χ3v) is 1.74. The number of hydrogen-bond donors (Lipinski definition) is 0. The first-order valence-corrected chi connectivity index (χ1v) is 3.89. The van der Waals surface area contributed by atoms with E-state index >= 15 is 0 Å². The van der Waals surface area contributed by atoms with Crippen molar-refractivity contribution in [1.82, 2.24) is 0 Å². The van der Waals surface area contributed by atoms with E-state index in [2.05, 4.69) is 9.47 Å². The van der Waals surface area contributed by atoms with Gasteiger partial charge in [0.2, 0.25) is 0 Å². The standard InChI is InChI=1S/C3H6O4S/c4-8(5)2-6-1-7-3-8/h1-3H2. The van der Waals surface area contributed by atoms with E-state index in [-0.39, 0.29) is 18.7 Å². The van der Waals surface area contributed by atoms with E-state index in [9.17, 15) is 8.42 Å². The van der Waals surface area contributed by atoms with Gasteiger partial charge in [0.15, 0.2) is 21.7 Å². The summed E-state index contributed by atoms with van der Waals surface area (Å²) in [7, 11) is -3.03. The van der Waals surface area contributed by atoms with E-state index in [0.29, 0.717) is 0 Å². The molecule has 1 rings (SSSR count). The van der Waals surface area contributed by atoms with Gasteiger partial charge in [-0.05, 0) is 0 Å². The van der Waals surface area contributed by atoms with Crippen molar-refractivity contribution < 1.29 is 17.9 Å². The lowest BCUT2D eigenvalue weighted by Gasteiger charge is -2.11. The zero-order chi connectivity index (χ0) is 6.04. The molecule has 0 aromatic carbocycles. The second kappa shape index (κ2) is 2.00. The van der Waals surface area contributed by atoms with Gasteiger partial charge in [0, 0.05) is 0 Å². The number of rotatable bonds is 0. The van der Waals surface area contributed by atoms with Gasteiger partial charge in [-0.3, -0.25) is 0 Å². The zero-order valence-corrected chi connectivity index (χ0v) is 4.98. The third-order valence-electron chi connectivity index (χ3n) is 0.692. The molecule has 1 heterocycles. The molecule has 0 amide bonds. The maximum atomic E-state index is 10.4. The zero-order valence-electron chi connectivity index (χ0n) is 4.16. The van der Waals surface area contributed by atoms with Crippen LogP contribution in [0.3, 0.4) is 0 Å². The molecule has 0 aliphatic carbocycles. The van der Waals surface area contributed by atoms with Crippen molar-refractivity contribution in [2.24, 2.45) is 0 Å². The number of ether oxygens (including phenoxy) is 2. The molecule has 1 aliphatic heterocycles. The monoisotopic (exact) mass is 138 g/mol. The predicted octanol–water partition coefficient (Wildman–Crippen LogP) is -0.679. The lowest BCUT2D eigenvalue weighted by molar-refractivity contribution is -0.0365. The fraction of sp³-hybridized carbons (Fsp3) is 1.00. The van der Waals surface area contributed by atoms with E-state index < -0.39 is 9.84 Å². The smallest absolute Gasteiger partial charge is 0.198 e. The molecule has 1 fully saturated rings. The van der Waals surface area contributed by atoms with Crippen LogP contribution < -0.4 is 0 Å². The van der Waals surface area contributed by atoms with Crippen LogP contribution in [0.25, 0.3) is 0 Å². The summed E-state index contributed by atoms with van der Waals surface area (Å²) in [6.45, 7) is 0.0965. The first-order valence-electron chi connectivity index (χ1n) is 2.07. The molecule has 0 N–H and O–H groups in total. The molecule has 0 aromatic heterocycles. The molecule has 8 heavy (non-hydrogen) atoms. The summed E-state index contributed by atoms with van der Waals surface area (Å²) in [5.41, 5.74) is 0. The largest absolute Gasteiger partial charge is 0.339 e. The van der Waals surface area contributed by atoms with Crippen LogP contribution in [0.15, 0.2) is 0 Å². The van der Waals surface area contributed by atoms with Crippen LogP contribution in [-0.4, -0.2) is 27.1 Å². The van der Waals surface area contributed by atoms with E-state index in [4.69, 9.17) is 0 Å². The molecular weight excluding hydrogens is 132 g/mol. The first kappa shape index (κ1) is 6.00.